The van der Waals surface area contributed by atoms with E-state index in [-0.39, 0.29) is 36.9 Å². The van der Waals surface area contributed by atoms with Gasteiger partial charge in [0.05, 0.1) is 23.5 Å². The summed E-state index contributed by atoms with van der Waals surface area (Å²) in [4.78, 5) is 13.7. The number of carbonyl (C=O) groups is 1. The first kappa shape index (κ1) is 15.0. The summed E-state index contributed by atoms with van der Waals surface area (Å²) in [5.74, 6) is -0.0449. The maximum Gasteiger partial charge on any atom is 0.227 e. The molecule has 0 bridgehead atoms. The lowest BCUT2D eigenvalue weighted by Gasteiger charge is -2.26. The molecule has 0 atom stereocenters. The molecule has 7 heteroatoms. The van der Waals surface area contributed by atoms with Crippen molar-refractivity contribution in [2.45, 2.75) is 6.42 Å². The number of nitrogens with zero attached hydrogens (tertiary/aromatic N) is 2. The second kappa shape index (κ2) is 5.94. The zero-order valence-corrected chi connectivity index (χ0v) is 13.1. The average Bonchev–Trinajstić information content (AvgIpc) is 2.40. The molecule has 1 aromatic rings. The van der Waals surface area contributed by atoms with Gasteiger partial charge in [0.25, 0.3) is 0 Å². The number of nitriles is 1. The molecule has 1 saturated heterocycles. The molecule has 1 amide bonds. The Kier molecular flexibility index (Phi) is 4.45. The van der Waals surface area contributed by atoms with Gasteiger partial charge < -0.3 is 4.90 Å². The normalized spacial score (nSPS) is 17.5. The van der Waals surface area contributed by atoms with Gasteiger partial charge in [-0.3, -0.25) is 4.79 Å². The van der Waals surface area contributed by atoms with E-state index in [0.717, 1.165) is 5.56 Å². The molecule has 0 unspecified atom stereocenters. The average molecular weight is 357 g/mol. The van der Waals surface area contributed by atoms with Crippen LogP contribution in [-0.4, -0.2) is 43.8 Å². The summed E-state index contributed by atoms with van der Waals surface area (Å²) in [7, 11) is -2.98. The standard InChI is InChI=1S/C13H13BrN2O3S/c14-12-2-1-10(7-11(12)9-15)8-13(17)16-3-5-20(18,19)6-4-16/h1-2,7H,3-6,8H2. The van der Waals surface area contributed by atoms with Gasteiger partial charge in [-0.15, -0.1) is 0 Å². The number of hydrogen-bond acceptors (Lipinski definition) is 4. The number of carbonyl (C=O) groups excluding carboxylic acids is 1. The third-order valence-corrected chi connectivity index (χ3v) is 5.50. The fourth-order valence-corrected chi connectivity index (χ4v) is 3.55. The van der Waals surface area contributed by atoms with Crippen LogP contribution in [0.5, 0.6) is 0 Å². The molecule has 1 aliphatic heterocycles. The molecule has 1 aromatic carbocycles. The van der Waals surface area contributed by atoms with Crippen molar-refractivity contribution in [3.05, 3.63) is 33.8 Å². The minimum atomic E-state index is -2.98. The first-order chi connectivity index (χ1) is 9.41. The second-order valence-electron chi connectivity index (χ2n) is 4.64. The Morgan fingerprint density at radius 2 is 2.00 bits per heavy atom. The van der Waals surface area contributed by atoms with E-state index in [1.165, 1.54) is 0 Å². The molecule has 5 nitrogen and oxygen atoms in total. The van der Waals surface area contributed by atoms with Crippen molar-refractivity contribution in [3.8, 4) is 6.07 Å². The van der Waals surface area contributed by atoms with E-state index in [4.69, 9.17) is 5.26 Å². The highest BCUT2D eigenvalue weighted by Gasteiger charge is 2.24. The highest BCUT2D eigenvalue weighted by molar-refractivity contribution is 9.10. The molecule has 1 aliphatic rings. The van der Waals surface area contributed by atoms with Crippen molar-refractivity contribution >= 4 is 31.7 Å². The molecular weight excluding hydrogens is 344 g/mol. The van der Waals surface area contributed by atoms with Crippen LogP contribution in [0.25, 0.3) is 0 Å². The first-order valence-corrected chi connectivity index (χ1v) is 8.69. The molecule has 0 aliphatic carbocycles. The summed E-state index contributed by atoms with van der Waals surface area (Å²) in [6, 6.07) is 7.24. The lowest BCUT2D eigenvalue weighted by Crippen LogP contribution is -2.44. The van der Waals surface area contributed by atoms with Crippen molar-refractivity contribution < 1.29 is 13.2 Å². The number of hydrogen-bond donors (Lipinski definition) is 0. The van der Waals surface area contributed by atoms with Crippen molar-refractivity contribution in [3.63, 3.8) is 0 Å². The number of benzene rings is 1. The minimum Gasteiger partial charge on any atom is -0.340 e. The van der Waals surface area contributed by atoms with Crippen LogP contribution in [0, 0.1) is 11.3 Å². The van der Waals surface area contributed by atoms with Crippen molar-refractivity contribution in [1.82, 2.24) is 4.90 Å². The van der Waals surface area contributed by atoms with Crippen LogP contribution in [0.4, 0.5) is 0 Å². The topological polar surface area (TPSA) is 78.2 Å². The Morgan fingerprint density at radius 3 is 2.60 bits per heavy atom. The predicted octanol–water partition coefficient (Wildman–Crippen LogP) is 1.12. The third kappa shape index (κ3) is 3.58. The second-order valence-corrected chi connectivity index (χ2v) is 7.79. The third-order valence-electron chi connectivity index (χ3n) is 3.20. The fraction of sp³-hybridized carbons (Fsp3) is 0.385. The molecule has 0 N–H and O–H groups in total. The zero-order valence-electron chi connectivity index (χ0n) is 10.7. The molecular formula is C13H13BrN2O3S. The Hall–Kier alpha value is -1.39. The first-order valence-electron chi connectivity index (χ1n) is 6.08. The molecule has 0 spiro atoms. The van der Waals surface area contributed by atoms with Gasteiger partial charge in [0.15, 0.2) is 9.84 Å². The molecule has 2 rings (SSSR count). The summed E-state index contributed by atoms with van der Waals surface area (Å²) < 4.78 is 23.3. The van der Waals surface area contributed by atoms with Crippen LogP contribution < -0.4 is 0 Å². The van der Waals surface area contributed by atoms with Gasteiger partial charge in [-0.1, -0.05) is 6.07 Å². The van der Waals surface area contributed by atoms with Crippen molar-refractivity contribution in [1.29, 1.82) is 5.26 Å². The monoisotopic (exact) mass is 356 g/mol. The molecule has 20 heavy (non-hydrogen) atoms. The Bertz CT molecular complexity index is 665. The maximum atomic E-state index is 12.1. The molecule has 0 saturated carbocycles. The highest BCUT2D eigenvalue weighted by atomic mass is 79.9. The van der Waals surface area contributed by atoms with Crippen molar-refractivity contribution in [2.75, 3.05) is 24.6 Å². The van der Waals surface area contributed by atoms with Crippen LogP contribution >= 0.6 is 15.9 Å². The van der Waals surface area contributed by atoms with Gasteiger partial charge in [0.2, 0.25) is 5.91 Å². The van der Waals surface area contributed by atoms with E-state index in [2.05, 4.69) is 15.9 Å². The summed E-state index contributed by atoms with van der Waals surface area (Å²) in [5, 5.41) is 8.94. The SMILES string of the molecule is N#Cc1cc(CC(=O)N2CCS(=O)(=O)CC2)ccc1Br. The Labute approximate surface area is 126 Å². The Balaban J connectivity index is 2.04. The van der Waals surface area contributed by atoms with Crippen LogP contribution in [0.3, 0.4) is 0 Å². The van der Waals surface area contributed by atoms with Gasteiger partial charge in [-0.05, 0) is 33.6 Å². The van der Waals surface area contributed by atoms with Crippen LogP contribution in [0.1, 0.15) is 11.1 Å². The molecule has 1 heterocycles. The smallest absolute Gasteiger partial charge is 0.227 e. The van der Waals surface area contributed by atoms with Crippen LogP contribution in [0.2, 0.25) is 0 Å². The molecule has 1 fully saturated rings. The molecule has 106 valence electrons. The van der Waals surface area contributed by atoms with Gasteiger partial charge in [0.1, 0.15) is 6.07 Å². The number of halogens is 1. The van der Waals surface area contributed by atoms with E-state index in [1.54, 1.807) is 23.1 Å². The fourth-order valence-electron chi connectivity index (χ4n) is 2.02. The largest absolute Gasteiger partial charge is 0.340 e. The Morgan fingerprint density at radius 1 is 1.35 bits per heavy atom. The van der Waals surface area contributed by atoms with Crippen LogP contribution in [0.15, 0.2) is 22.7 Å². The number of rotatable bonds is 2. The zero-order chi connectivity index (χ0) is 14.8. The lowest BCUT2D eigenvalue weighted by atomic mass is 10.1. The van der Waals surface area contributed by atoms with Crippen molar-refractivity contribution in [2.24, 2.45) is 0 Å². The van der Waals surface area contributed by atoms with Crippen LogP contribution in [-0.2, 0) is 21.1 Å². The van der Waals surface area contributed by atoms with Gasteiger partial charge in [0, 0.05) is 17.6 Å². The lowest BCUT2D eigenvalue weighted by molar-refractivity contribution is -0.130. The van der Waals surface area contributed by atoms with E-state index >= 15 is 0 Å². The maximum absolute atomic E-state index is 12.1. The van der Waals surface area contributed by atoms with Gasteiger partial charge >= 0.3 is 0 Å². The highest BCUT2D eigenvalue weighted by Crippen LogP contribution is 2.18. The minimum absolute atomic E-state index is 0.0303. The summed E-state index contributed by atoms with van der Waals surface area (Å²) in [6.07, 6.45) is 0.183. The molecule has 0 aromatic heterocycles. The predicted molar refractivity (Wildman–Crippen MR) is 77.8 cm³/mol. The summed E-state index contributed by atoms with van der Waals surface area (Å²) in [5.41, 5.74) is 1.24. The quantitative estimate of drug-likeness (QED) is 0.795. The van der Waals surface area contributed by atoms with Gasteiger partial charge in [-0.2, -0.15) is 5.26 Å². The number of amides is 1. The van der Waals surface area contributed by atoms with E-state index in [1.807, 2.05) is 6.07 Å². The summed E-state index contributed by atoms with van der Waals surface area (Å²) >= 11 is 3.26. The van der Waals surface area contributed by atoms with Gasteiger partial charge in [-0.25, -0.2) is 8.42 Å². The van der Waals surface area contributed by atoms with E-state index in [9.17, 15) is 13.2 Å². The molecule has 0 radical (unpaired) electrons. The van der Waals surface area contributed by atoms with E-state index < -0.39 is 9.84 Å². The number of sulfone groups is 1. The van der Waals surface area contributed by atoms with E-state index in [0.29, 0.717) is 10.0 Å². The summed E-state index contributed by atoms with van der Waals surface area (Å²) in [6.45, 7) is 0.506.